The molecule has 0 unspecified atom stereocenters. The van der Waals surface area contributed by atoms with Crippen molar-refractivity contribution in [2.75, 3.05) is 0 Å². The lowest BCUT2D eigenvalue weighted by Gasteiger charge is -2.14. The van der Waals surface area contributed by atoms with Gasteiger partial charge >= 0.3 is 0 Å². The summed E-state index contributed by atoms with van der Waals surface area (Å²) in [7, 11) is 0. The van der Waals surface area contributed by atoms with Crippen molar-refractivity contribution >= 4 is 29.0 Å². The Kier molecular flexibility index (Phi) is 3.51. The predicted octanol–water partition coefficient (Wildman–Crippen LogP) is 5.98. The Balaban J connectivity index is 1.86. The Bertz CT molecular complexity index is 695. The fourth-order valence-corrected chi connectivity index (χ4v) is 3.69. The molecule has 22 heavy (non-hydrogen) atoms. The maximum absolute atomic E-state index is 13.2. The molecule has 0 N–H and O–H groups in total. The van der Waals surface area contributed by atoms with Crippen LogP contribution in [0, 0.1) is 0 Å². The van der Waals surface area contributed by atoms with Crippen LogP contribution < -0.4 is 0 Å². The number of hydrogen-bond donors (Lipinski definition) is 0. The minimum atomic E-state index is -0.0139. The molecule has 112 valence electrons. The van der Waals surface area contributed by atoms with E-state index in [-0.39, 0.29) is 5.78 Å². The number of halogens is 2. The zero-order valence-corrected chi connectivity index (χ0v) is 13.6. The lowest BCUT2D eigenvalue weighted by Crippen LogP contribution is -2.09. The van der Waals surface area contributed by atoms with Gasteiger partial charge in [-0.2, -0.15) is 0 Å². The molecular formula is C19H16Cl2O. The van der Waals surface area contributed by atoms with E-state index in [0.717, 1.165) is 36.8 Å². The maximum Gasteiger partial charge on any atom is 0.196 e. The van der Waals surface area contributed by atoms with Gasteiger partial charge in [0.15, 0.2) is 5.78 Å². The highest BCUT2D eigenvalue weighted by Crippen LogP contribution is 2.46. The SMILES string of the molecule is O=C(c1c(Cl)cccc1C1CC1)c1c(Cl)cccc1C1CC1. The molecule has 0 atom stereocenters. The smallest absolute Gasteiger partial charge is 0.196 e. The molecule has 0 spiro atoms. The molecule has 2 aliphatic rings. The monoisotopic (exact) mass is 330 g/mol. The van der Waals surface area contributed by atoms with Crippen LogP contribution in [0.2, 0.25) is 10.0 Å². The summed E-state index contributed by atoms with van der Waals surface area (Å²) in [5.41, 5.74) is 3.47. The first-order chi connectivity index (χ1) is 10.7. The zero-order chi connectivity index (χ0) is 15.3. The highest BCUT2D eigenvalue weighted by Gasteiger charge is 2.33. The molecule has 0 radical (unpaired) electrons. The van der Waals surface area contributed by atoms with E-state index in [1.165, 1.54) is 0 Å². The van der Waals surface area contributed by atoms with Crippen molar-refractivity contribution in [3.8, 4) is 0 Å². The highest BCUT2D eigenvalue weighted by molar-refractivity contribution is 6.38. The van der Waals surface area contributed by atoms with Crippen LogP contribution in [-0.2, 0) is 0 Å². The number of hydrogen-bond acceptors (Lipinski definition) is 1. The second-order valence-corrected chi connectivity index (χ2v) is 7.10. The molecule has 2 aromatic carbocycles. The lowest BCUT2D eigenvalue weighted by molar-refractivity contribution is 0.103. The van der Waals surface area contributed by atoms with Crippen LogP contribution in [-0.4, -0.2) is 5.78 Å². The molecule has 0 bridgehead atoms. The van der Waals surface area contributed by atoms with Crippen molar-refractivity contribution in [1.29, 1.82) is 0 Å². The van der Waals surface area contributed by atoms with Crippen LogP contribution in [0.5, 0.6) is 0 Å². The van der Waals surface area contributed by atoms with Crippen LogP contribution in [0.15, 0.2) is 36.4 Å². The summed E-state index contributed by atoms with van der Waals surface area (Å²) in [6, 6.07) is 11.5. The molecule has 4 rings (SSSR count). The van der Waals surface area contributed by atoms with Gasteiger partial charge in [-0.05, 0) is 60.8 Å². The van der Waals surface area contributed by atoms with Crippen molar-refractivity contribution in [2.45, 2.75) is 37.5 Å². The van der Waals surface area contributed by atoms with Gasteiger partial charge in [-0.25, -0.2) is 0 Å². The van der Waals surface area contributed by atoms with Gasteiger partial charge in [0.25, 0.3) is 0 Å². The molecule has 0 aliphatic heterocycles. The van der Waals surface area contributed by atoms with Crippen LogP contribution in [0.1, 0.15) is 64.6 Å². The van der Waals surface area contributed by atoms with Gasteiger partial charge in [-0.3, -0.25) is 4.79 Å². The van der Waals surface area contributed by atoms with E-state index in [4.69, 9.17) is 23.2 Å². The third-order valence-corrected chi connectivity index (χ3v) is 5.21. The van der Waals surface area contributed by atoms with E-state index in [2.05, 4.69) is 0 Å². The largest absolute Gasteiger partial charge is 0.288 e. The number of carbonyl (C=O) groups excluding carboxylic acids is 1. The molecule has 2 saturated carbocycles. The fourth-order valence-electron chi connectivity index (χ4n) is 3.15. The average molecular weight is 331 g/mol. The van der Waals surface area contributed by atoms with Gasteiger partial charge in [0, 0.05) is 11.1 Å². The summed E-state index contributed by atoms with van der Waals surface area (Å²) < 4.78 is 0. The molecule has 0 heterocycles. The molecule has 0 saturated heterocycles. The second kappa shape index (κ2) is 5.40. The third-order valence-electron chi connectivity index (χ3n) is 4.58. The van der Waals surface area contributed by atoms with E-state index < -0.39 is 0 Å². The molecular weight excluding hydrogens is 315 g/mol. The standard InChI is InChI=1S/C19H16Cl2O/c20-15-5-1-3-13(11-7-8-11)17(15)19(22)18-14(12-9-10-12)4-2-6-16(18)21/h1-6,11-12H,7-10H2. The minimum Gasteiger partial charge on any atom is -0.288 e. The predicted molar refractivity (Wildman–Crippen MR) is 90.3 cm³/mol. The maximum atomic E-state index is 13.2. The normalized spacial score (nSPS) is 17.5. The number of benzene rings is 2. The Morgan fingerprint density at radius 2 is 1.18 bits per heavy atom. The minimum absolute atomic E-state index is 0.0139. The van der Waals surface area contributed by atoms with Crippen LogP contribution in [0.25, 0.3) is 0 Å². The molecule has 0 amide bonds. The van der Waals surface area contributed by atoms with Gasteiger partial charge in [0.2, 0.25) is 0 Å². The Hall–Kier alpha value is -1.31. The first-order valence-electron chi connectivity index (χ1n) is 7.78. The zero-order valence-electron chi connectivity index (χ0n) is 12.1. The molecule has 3 heteroatoms. The van der Waals surface area contributed by atoms with Gasteiger partial charge in [0.05, 0.1) is 10.0 Å². The van der Waals surface area contributed by atoms with E-state index >= 15 is 0 Å². The van der Waals surface area contributed by atoms with E-state index in [0.29, 0.717) is 33.0 Å². The second-order valence-electron chi connectivity index (χ2n) is 6.29. The lowest BCUT2D eigenvalue weighted by atomic mass is 9.91. The van der Waals surface area contributed by atoms with E-state index in [9.17, 15) is 4.79 Å². The van der Waals surface area contributed by atoms with Crippen molar-refractivity contribution in [2.24, 2.45) is 0 Å². The van der Waals surface area contributed by atoms with Gasteiger partial charge in [-0.15, -0.1) is 0 Å². The molecule has 2 fully saturated rings. The third kappa shape index (κ3) is 2.47. The Morgan fingerprint density at radius 3 is 1.55 bits per heavy atom. The van der Waals surface area contributed by atoms with Crippen molar-refractivity contribution in [3.05, 3.63) is 68.7 Å². The summed E-state index contributed by atoms with van der Waals surface area (Å²) in [5.74, 6) is 0.939. The first kappa shape index (κ1) is 14.3. The van der Waals surface area contributed by atoms with Gasteiger partial charge in [0.1, 0.15) is 0 Å². The molecule has 2 aliphatic carbocycles. The molecule has 2 aromatic rings. The van der Waals surface area contributed by atoms with E-state index in [1.54, 1.807) is 12.1 Å². The van der Waals surface area contributed by atoms with E-state index in [1.807, 2.05) is 24.3 Å². The Labute approximate surface area is 140 Å². The van der Waals surface area contributed by atoms with Gasteiger partial charge in [-0.1, -0.05) is 47.5 Å². The fraction of sp³-hybridized carbons (Fsp3) is 0.316. The summed E-state index contributed by atoms with van der Waals surface area (Å²) in [6.45, 7) is 0. The quantitative estimate of drug-likeness (QED) is 0.630. The van der Waals surface area contributed by atoms with Crippen molar-refractivity contribution < 1.29 is 4.79 Å². The number of ketones is 1. The summed E-state index contributed by atoms with van der Waals surface area (Å²) in [5, 5.41) is 1.08. The summed E-state index contributed by atoms with van der Waals surface area (Å²) >= 11 is 12.8. The number of rotatable bonds is 4. The first-order valence-corrected chi connectivity index (χ1v) is 8.54. The van der Waals surface area contributed by atoms with Crippen LogP contribution in [0.4, 0.5) is 0 Å². The average Bonchev–Trinajstić information content (AvgIpc) is 3.39. The van der Waals surface area contributed by atoms with Gasteiger partial charge < -0.3 is 0 Å². The van der Waals surface area contributed by atoms with Crippen LogP contribution >= 0.6 is 23.2 Å². The number of carbonyl (C=O) groups is 1. The Morgan fingerprint density at radius 1 is 0.773 bits per heavy atom. The van der Waals surface area contributed by atoms with Crippen LogP contribution in [0.3, 0.4) is 0 Å². The topological polar surface area (TPSA) is 17.1 Å². The molecule has 0 aromatic heterocycles. The van der Waals surface area contributed by atoms with Crippen molar-refractivity contribution in [3.63, 3.8) is 0 Å². The highest BCUT2D eigenvalue weighted by atomic mass is 35.5. The summed E-state index contributed by atoms with van der Waals surface area (Å²) in [6.07, 6.45) is 4.55. The van der Waals surface area contributed by atoms with Crippen molar-refractivity contribution in [1.82, 2.24) is 0 Å². The summed E-state index contributed by atoms with van der Waals surface area (Å²) in [4.78, 5) is 13.2. The molecule has 1 nitrogen and oxygen atoms in total.